The molecule has 0 fully saturated rings. The summed E-state index contributed by atoms with van der Waals surface area (Å²) in [6.07, 6.45) is 3.45. The number of ether oxygens (including phenoxy) is 1. The van der Waals surface area contributed by atoms with Crippen molar-refractivity contribution in [3.63, 3.8) is 0 Å². The Morgan fingerprint density at radius 2 is 2.06 bits per heavy atom. The van der Waals surface area contributed by atoms with Gasteiger partial charge in [0.2, 0.25) is 0 Å². The molecule has 1 aromatic carbocycles. The molecule has 3 heteroatoms. The van der Waals surface area contributed by atoms with Crippen LogP contribution in [0.5, 0.6) is 0 Å². The predicted molar refractivity (Wildman–Crippen MR) is 66.7 cm³/mol. The molecule has 90 valence electrons. The van der Waals surface area contributed by atoms with Crippen LogP contribution in [-0.4, -0.2) is 12.6 Å². The first-order chi connectivity index (χ1) is 7.86. The maximum Gasteiger partial charge on any atom is 0.0717 e. The lowest BCUT2D eigenvalue weighted by molar-refractivity contribution is 0.0957. The summed E-state index contributed by atoms with van der Waals surface area (Å²) in [5, 5.41) is 0. The van der Waals surface area contributed by atoms with E-state index in [1.165, 1.54) is 18.4 Å². The molecule has 0 bridgehead atoms. The van der Waals surface area contributed by atoms with Crippen molar-refractivity contribution in [2.24, 2.45) is 5.84 Å². The summed E-state index contributed by atoms with van der Waals surface area (Å²) in [6.45, 7) is 3.51. The molecular formula is C13H22N2O. The topological polar surface area (TPSA) is 47.3 Å². The van der Waals surface area contributed by atoms with Gasteiger partial charge in [-0.3, -0.25) is 11.3 Å². The summed E-state index contributed by atoms with van der Waals surface area (Å²) < 4.78 is 5.63. The highest BCUT2D eigenvalue weighted by Gasteiger charge is 2.05. The number of rotatable bonds is 8. The van der Waals surface area contributed by atoms with Crippen molar-refractivity contribution < 1.29 is 4.74 Å². The van der Waals surface area contributed by atoms with Crippen molar-refractivity contribution in [3.05, 3.63) is 35.9 Å². The van der Waals surface area contributed by atoms with E-state index in [0.717, 1.165) is 6.42 Å². The van der Waals surface area contributed by atoms with Crippen LogP contribution in [0.3, 0.4) is 0 Å². The van der Waals surface area contributed by atoms with Crippen molar-refractivity contribution in [2.45, 2.75) is 38.8 Å². The lowest BCUT2D eigenvalue weighted by Crippen LogP contribution is -2.38. The summed E-state index contributed by atoms with van der Waals surface area (Å²) in [5.74, 6) is 5.46. The van der Waals surface area contributed by atoms with Crippen molar-refractivity contribution in [1.82, 2.24) is 5.43 Å². The Hall–Kier alpha value is -0.900. The first kappa shape index (κ1) is 13.2. The SMILES string of the molecule is CCCCC(COCc1ccccc1)NN. The number of hydrazine groups is 1. The molecule has 16 heavy (non-hydrogen) atoms. The van der Waals surface area contributed by atoms with E-state index < -0.39 is 0 Å². The predicted octanol–water partition coefficient (Wildman–Crippen LogP) is 2.23. The number of hydrogen-bond acceptors (Lipinski definition) is 3. The molecule has 0 aromatic heterocycles. The van der Waals surface area contributed by atoms with Crippen LogP contribution in [0.2, 0.25) is 0 Å². The number of nitrogens with two attached hydrogens (primary N) is 1. The molecule has 1 atom stereocenters. The maximum absolute atomic E-state index is 5.63. The summed E-state index contributed by atoms with van der Waals surface area (Å²) in [4.78, 5) is 0. The lowest BCUT2D eigenvalue weighted by Gasteiger charge is -2.15. The van der Waals surface area contributed by atoms with Gasteiger partial charge in [-0.15, -0.1) is 0 Å². The summed E-state index contributed by atoms with van der Waals surface area (Å²) in [5.41, 5.74) is 4.00. The van der Waals surface area contributed by atoms with Crippen LogP contribution in [0, 0.1) is 0 Å². The average Bonchev–Trinajstić information content (AvgIpc) is 2.35. The number of hydrogen-bond donors (Lipinski definition) is 2. The van der Waals surface area contributed by atoms with Gasteiger partial charge in [0, 0.05) is 6.04 Å². The minimum absolute atomic E-state index is 0.267. The Labute approximate surface area is 98.0 Å². The maximum atomic E-state index is 5.63. The van der Waals surface area contributed by atoms with Crippen LogP contribution in [0.4, 0.5) is 0 Å². The molecule has 1 rings (SSSR count). The Balaban J connectivity index is 2.18. The molecule has 3 N–H and O–H groups in total. The van der Waals surface area contributed by atoms with Crippen LogP contribution in [0.25, 0.3) is 0 Å². The minimum Gasteiger partial charge on any atom is -0.375 e. The molecule has 1 unspecified atom stereocenters. The zero-order valence-corrected chi connectivity index (χ0v) is 9.99. The van der Waals surface area contributed by atoms with Crippen LogP contribution < -0.4 is 11.3 Å². The van der Waals surface area contributed by atoms with Gasteiger partial charge in [0.1, 0.15) is 0 Å². The third-order valence-corrected chi connectivity index (χ3v) is 2.57. The molecule has 0 saturated heterocycles. The highest BCUT2D eigenvalue weighted by atomic mass is 16.5. The number of benzene rings is 1. The summed E-state index contributed by atoms with van der Waals surface area (Å²) in [7, 11) is 0. The minimum atomic E-state index is 0.267. The molecule has 0 saturated carbocycles. The van der Waals surface area contributed by atoms with E-state index in [4.69, 9.17) is 10.6 Å². The van der Waals surface area contributed by atoms with Gasteiger partial charge < -0.3 is 4.74 Å². The highest BCUT2D eigenvalue weighted by molar-refractivity contribution is 5.13. The monoisotopic (exact) mass is 222 g/mol. The fraction of sp³-hybridized carbons (Fsp3) is 0.538. The fourth-order valence-electron chi connectivity index (χ4n) is 1.56. The fourth-order valence-corrected chi connectivity index (χ4v) is 1.56. The molecular weight excluding hydrogens is 200 g/mol. The second-order valence-electron chi connectivity index (χ2n) is 4.01. The smallest absolute Gasteiger partial charge is 0.0717 e. The van der Waals surface area contributed by atoms with Crippen LogP contribution in [0.15, 0.2) is 30.3 Å². The van der Waals surface area contributed by atoms with Crippen LogP contribution >= 0.6 is 0 Å². The van der Waals surface area contributed by atoms with Crippen molar-refractivity contribution in [2.75, 3.05) is 6.61 Å². The van der Waals surface area contributed by atoms with E-state index >= 15 is 0 Å². The normalized spacial score (nSPS) is 12.6. The molecule has 1 aromatic rings. The zero-order valence-electron chi connectivity index (χ0n) is 9.99. The van der Waals surface area contributed by atoms with E-state index in [0.29, 0.717) is 13.2 Å². The molecule has 0 amide bonds. The quantitative estimate of drug-likeness (QED) is 0.524. The third-order valence-electron chi connectivity index (χ3n) is 2.57. The van der Waals surface area contributed by atoms with Gasteiger partial charge in [-0.2, -0.15) is 0 Å². The number of nitrogens with one attached hydrogen (secondary N) is 1. The molecule has 0 aliphatic carbocycles. The van der Waals surface area contributed by atoms with E-state index in [1.807, 2.05) is 18.2 Å². The van der Waals surface area contributed by atoms with Crippen molar-refractivity contribution in [1.29, 1.82) is 0 Å². The van der Waals surface area contributed by atoms with Gasteiger partial charge in [-0.25, -0.2) is 0 Å². The summed E-state index contributed by atoms with van der Waals surface area (Å²) >= 11 is 0. The van der Waals surface area contributed by atoms with E-state index in [9.17, 15) is 0 Å². The van der Waals surface area contributed by atoms with Gasteiger partial charge in [0.05, 0.1) is 13.2 Å². The summed E-state index contributed by atoms with van der Waals surface area (Å²) in [6, 6.07) is 10.5. The molecule has 0 aliphatic heterocycles. The Morgan fingerprint density at radius 3 is 2.69 bits per heavy atom. The van der Waals surface area contributed by atoms with Gasteiger partial charge in [-0.05, 0) is 12.0 Å². The second-order valence-corrected chi connectivity index (χ2v) is 4.01. The van der Waals surface area contributed by atoms with Gasteiger partial charge >= 0.3 is 0 Å². The molecule has 0 radical (unpaired) electrons. The standard InChI is InChI=1S/C13H22N2O/c1-2-3-9-13(15-14)11-16-10-12-7-5-4-6-8-12/h4-8,13,15H,2-3,9-11,14H2,1H3. The van der Waals surface area contributed by atoms with E-state index in [2.05, 4.69) is 24.5 Å². The van der Waals surface area contributed by atoms with Crippen LogP contribution in [0.1, 0.15) is 31.7 Å². The Bertz CT molecular complexity index is 264. The van der Waals surface area contributed by atoms with Gasteiger partial charge in [0.15, 0.2) is 0 Å². The van der Waals surface area contributed by atoms with Crippen LogP contribution in [-0.2, 0) is 11.3 Å². The first-order valence-electron chi connectivity index (χ1n) is 5.94. The molecule has 3 nitrogen and oxygen atoms in total. The van der Waals surface area contributed by atoms with Gasteiger partial charge in [-0.1, -0.05) is 50.1 Å². The molecule has 0 aliphatic rings. The second kappa shape index (κ2) is 8.28. The molecule has 0 spiro atoms. The Morgan fingerprint density at radius 1 is 1.31 bits per heavy atom. The number of unbranched alkanes of at least 4 members (excludes halogenated alkanes) is 1. The first-order valence-corrected chi connectivity index (χ1v) is 5.94. The highest BCUT2D eigenvalue weighted by Crippen LogP contribution is 2.04. The molecule has 0 heterocycles. The lowest BCUT2D eigenvalue weighted by atomic mass is 10.1. The van der Waals surface area contributed by atoms with Crippen molar-refractivity contribution in [3.8, 4) is 0 Å². The Kier molecular flexibility index (Phi) is 6.81. The zero-order chi connectivity index (χ0) is 11.6. The largest absolute Gasteiger partial charge is 0.375 e. The van der Waals surface area contributed by atoms with Gasteiger partial charge in [0.25, 0.3) is 0 Å². The average molecular weight is 222 g/mol. The van der Waals surface area contributed by atoms with E-state index in [1.54, 1.807) is 0 Å². The van der Waals surface area contributed by atoms with Crippen molar-refractivity contribution >= 4 is 0 Å². The van der Waals surface area contributed by atoms with E-state index in [-0.39, 0.29) is 6.04 Å². The third kappa shape index (κ3) is 5.26.